The number of nitro benzene ring substituents is 1. The van der Waals surface area contributed by atoms with Crippen molar-refractivity contribution >= 4 is 5.69 Å². The van der Waals surface area contributed by atoms with Gasteiger partial charge < -0.3 is 5.32 Å². The molecule has 1 aliphatic carbocycles. The number of hydrogen-bond acceptors (Lipinski definition) is 3. The molecule has 4 heteroatoms. The Hall–Kier alpha value is -1.42. The van der Waals surface area contributed by atoms with Crippen LogP contribution in [0.1, 0.15) is 38.8 Å². The maximum Gasteiger partial charge on any atom is 0.269 e. The van der Waals surface area contributed by atoms with Gasteiger partial charge in [-0.15, -0.1) is 0 Å². The van der Waals surface area contributed by atoms with Crippen LogP contribution in [-0.4, -0.2) is 11.0 Å². The lowest BCUT2D eigenvalue weighted by Gasteiger charge is -2.15. The van der Waals surface area contributed by atoms with E-state index in [2.05, 4.69) is 19.2 Å². The zero-order valence-electron chi connectivity index (χ0n) is 10.4. The highest BCUT2D eigenvalue weighted by Crippen LogP contribution is 2.45. The first-order valence-corrected chi connectivity index (χ1v) is 5.90. The van der Waals surface area contributed by atoms with Crippen molar-refractivity contribution in [2.75, 3.05) is 0 Å². The largest absolute Gasteiger partial charge is 0.307 e. The molecule has 1 fully saturated rings. The molecular formula is C13H18N2O2. The Labute approximate surface area is 101 Å². The van der Waals surface area contributed by atoms with Crippen LogP contribution in [-0.2, 0) is 0 Å². The summed E-state index contributed by atoms with van der Waals surface area (Å²) in [7, 11) is 0. The predicted octanol–water partition coefficient (Wildman–Crippen LogP) is 3.04. The molecule has 92 valence electrons. The van der Waals surface area contributed by atoms with Gasteiger partial charge in [0, 0.05) is 24.2 Å². The Morgan fingerprint density at radius 3 is 2.71 bits per heavy atom. The fraction of sp³-hybridized carbons (Fsp3) is 0.538. The van der Waals surface area contributed by atoms with Gasteiger partial charge >= 0.3 is 0 Å². The van der Waals surface area contributed by atoms with E-state index in [0.717, 1.165) is 5.56 Å². The third-order valence-corrected chi connectivity index (χ3v) is 3.55. The van der Waals surface area contributed by atoms with Crippen LogP contribution in [0.3, 0.4) is 0 Å². The van der Waals surface area contributed by atoms with Gasteiger partial charge in [-0.25, -0.2) is 0 Å². The van der Waals surface area contributed by atoms with Gasteiger partial charge in [-0.2, -0.15) is 0 Å². The van der Waals surface area contributed by atoms with Crippen LogP contribution in [0.4, 0.5) is 5.69 Å². The molecule has 1 N–H and O–H groups in total. The first kappa shape index (κ1) is 12.0. The molecule has 0 spiro atoms. The number of non-ortho nitro benzene ring substituents is 1. The van der Waals surface area contributed by atoms with Crippen LogP contribution in [0.2, 0.25) is 0 Å². The molecule has 0 amide bonds. The summed E-state index contributed by atoms with van der Waals surface area (Å²) in [4.78, 5) is 10.3. The molecule has 0 bridgehead atoms. The molecule has 0 aliphatic heterocycles. The van der Waals surface area contributed by atoms with Gasteiger partial charge in [-0.3, -0.25) is 10.1 Å². The molecule has 1 aromatic carbocycles. The van der Waals surface area contributed by atoms with Crippen molar-refractivity contribution in [3.8, 4) is 0 Å². The van der Waals surface area contributed by atoms with Gasteiger partial charge in [0.15, 0.2) is 0 Å². The third kappa shape index (κ3) is 2.64. The van der Waals surface area contributed by atoms with Crippen molar-refractivity contribution in [3.63, 3.8) is 0 Å². The van der Waals surface area contributed by atoms with E-state index in [4.69, 9.17) is 0 Å². The average Bonchev–Trinajstić information content (AvgIpc) is 2.86. The molecule has 0 radical (unpaired) electrons. The van der Waals surface area contributed by atoms with Crippen molar-refractivity contribution in [1.82, 2.24) is 5.32 Å². The van der Waals surface area contributed by atoms with Crippen LogP contribution < -0.4 is 5.32 Å². The van der Waals surface area contributed by atoms with E-state index in [0.29, 0.717) is 11.5 Å². The standard InChI is InChI=1S/C13H18N2O2/c1-9(14-12-8-13(12,2)3)10-5-4-6-11(7-10)15(16)17/h4-7,9,12,14H,8H2,1-3H3. The highest BCUT2D eigenvalue weighted by atomic mass is 16.6. The number of nitrogens with zero attached hydrogens (tertiary/aromatic N) is 1. The molecule has 2 unspecified atom stereocenters. The minimum atomic E-state index is -0.350. The second kappa shape index (κ2) is 4.11. The average molecular weight is 234 g/mol. The minimum Gasteiger partial charge on any atom is -0.307 e. The zero-order valence-corrected chi connectivity index (χ0v) is 10.4. The highest BCUT2D eigenvalue weighted by molar-refractivity contribution is 5.35. The Kier molecular flexibility index (Phi) is 2.91. The number of hydrogen-bond donors (Lipinski definition) is 1. The molecular weight excluding hydrogens is 216 g/mol. The summed E-state index contributed by atoms with van der Waals surface area (Å²) in [5.74, 6) is 0. The van der Waals surface area contributed by atoms with E-state index >= 15 is 0 Å². The second-order valence-electron chi connectivity index (χ2n) is 5.49. The van der Waals surface area contributed by atoms with Crippen molar-refractivity contribution < 1.29 is 4.92 Å². The fourth-order valence-corrected chi connectivity index (χ4v) is 2.06. The molecule has 0 aromatic heterocycles. The Morgan fingerprint density at radius 2 is 2.18 bits per heavy atom. The molecule has 0 saturated heterocycles. The minimum absolute atomic E-state index is 0.154. The molecule has 17 heavy (non-hydrogen) atoms. The molecule has 2 atom stereocenters. The summed E-state index contributed by atoms with van der Waals surface area (Å²) in [6.45, 7) is 6.50. The second-order valence-corrected chi connectivity index (χ2v) is 5.49. The highest BCUT2D eigenvalue weighted by Gasteiger charge is 2.45. The van der Waals surface area contributed by atoms with E-state index in [1.165, 1.54) is 12.5 Å². The van der Waals surface area contributed by atoms with Gasteiger partial charge in [-0.1, -0.05) is 26.0 Å². The van der Waals surface area contributed by atoms with Gasteiger partial charge in [0.2, 0.25) is 0 Å². The van der Waals surface area contributed by atoms with Gasteiger partial charge in [0.05, 0.1) is 4.92 Å². The number of nitrogens with one attached hydrogen (secondary N) is 1. The lowest BCUT2D eigenvalue weighted by atomic mass is 10.1. The van der Waals surface area contributed by atoms with Crippen LogP contribution in [0.5, 0.6) is 0 Å². The summed E-state index contributed by atoms with van der Waals surface area (Å²) in [6.07, 6.45) is 1.17. The van der Waals surface area contributed by atoms with Crippen molar-refractivity contribution in [3.05, 3.63) is 39.9 Å². The van der Waals surface area contributed by atoms with Gasteiger partial charge in [0.25, 0.3) is 5.69 Å². The normalized spacial score (nSPS) is 23.1. The molecule has 0 heterocycles. The lowest BCUT2D eigenvalue weighted by molar-refractivity contribution is -0.384. The van der Waals surface area contributed by atoms with E-state index in [1.54, 1.807) is 12.1 Å². The van der Waals surface area contributed by atoms with Crippen LogP contribution in [0.15, 0.2) is 24.3 Å². The predicted molar refractivity (Wildman–Crippen MR) is 66.8 cm³/mol. The monoisotopic (exact) mass is 234 g/mol. The smallest absolute Gasteiger partial charge is 0.269 e. The molecule has 1 saturated carbocycles. The molecule has 1 aliphatic rings. The quantitative estimate of drug-likeness (QED) is 0.643. The summed E-state index contributed by atoms with van der Waals surface area (Å²) in [5, 5.41) is 14.2. The lowest BCUT2D eigenvalue weighted by Crippen LogP contribution is -2.24. The van der Waals surface area contributed by atoms with E-state index in [-0.39, 0.29) is 16.7 Å². The number of nitro groups is 1. The van der Waals surface area contributed by atoms with Crippen molar-refractivity contribution in [2.24, 2.45) is 5.41 Å². The number of rotatable bonds is 4. The Morgan fingerprint density at radius 1 is 1.53 bits per heavy atom. The van der Waals surface area contributed by atoms with Gasteiger partial charge in [0.1, 0.15) is 0 Å². The van der Waals surface area contributed by atoms with E-state index in [9.17, 15) is 10.1 Å². The van der Waals surface area contributed by atoms with Crippen molar-refractivity contribution in [1.29, 1.82) is 0 Å². The first-order chi connectivity index (χ1) is 7.90. The maximum atomic E-state index is 10.7. The Bertz CT molecular complexity index is 443. The molecule has 2 rings (SSSR count). The third-order valence-electron chi connectivity index (χ3n) is 3.55. The SMILES string of the molecule is CC(NC1CC1(C)C)c1cccc([N+](=O)[O-])c1. The summed E-state index contributed by atoms with van der Waals surface area (Å²) in [6, 6.07) is 7.52. The van der Waals surface area contributed by atoms with Crippen molar-refractivity contribution in [2.45, 2.75) is 39.3 Å². The van der Waals surface area contributed by atoms with Crippen LogP contribution in [0.25, 0.3) is 0 Å². The van der Waals surface area contributed by atoms with Crippen LogP contribution in [0, 0.1) is 15.5 Å². The first-order valence-electron chi connectivity index (χ1n) is 5.90. The Balaban J connectivity index is 2.06. The van der Waals surface area contributed by atoms with Gasteiger partial charge in [-0.05, 0) is 24.3 Å². The summed E-state index contributed by atoms with van der Waals surface area (Å²) < 4.78 is 0. The fourth-order valence-electron chi connectivity index (χ4n) is 2.06. The summed E-state index contributed by atoms with van der Waals surface area (Å²) in [5.41, 5.74) is 1.50. The van der Waals surface area contributed by atoms with E-state index in [1.807, 2.05) is 13.0 Å². The number of benzene rings is 1. The topological polar surface area (TPSA) is 55.2 Å². The van der Waals surface area contributed by atoms with Crippen LogP contribution >= 0.6 is 0 Å². The zero-order chi connectivity index (χ0) is 12.6. The molecule has 1 aromatic rings. The molecule has 4 nitrogen and oxygen atoms in total. The maximum absolute atomic E-state index is 10.7. The van der Waals surface area contributed by atoms with E-state index < -0.39 is 0 Å². The summed E-state index contributed by atoms with van der Waals surface area (Å²) >= 11 is 0.